The summed E-state index contributed by atoms with van der Waals surface area (Å²) in [7, 11) is 1.48. The number of benzene rings is 3. The molecule has 39 heavy (non-hydrogen) atoms. The molecule has 3 aromatic carbocycles. The number of aliphatic hydroxyl groups is 1. The average molecular weight is 548 g/mol. The van der Waals surface area contributed by atoms with E-state index < -0.39 is 11.9 Å². The molecule has 1 amide bonds. The van der Waals surface area contributed by atoms with Gasteiger partial charge in [-0.25, -0.2) is 14.2 Å². The quantitative estimate of drug-likeness (QED) is 0.325. The van der Waals surface area contributed by atoms with Gasteiger partial charge < -0.3 is 19.3 Å². The summed E-state index contributed by atoms with van der Waals surface area (Å²) in [6, 6.07) is 18.3. The fourth-order valence-corrected chi connectivity index (χ4v) is 4.67. The lowest BCUT2D eigenvalue weighted by molar-refractivity contribution is -0.138. The molecule has 1 heterocycles. The predicted octanol–water partition coefficient (Wildman–Crippen LogP) is 6.42. The number of thioether (sulfide) groups is 1. The van der Waals surface area contributed by atoms with Crippen LogP contribution >= 0.6 is 11.8 Å². The number of nitrogens with zero attached hydrogens (tertiary/aromatic N) is 1. The Labute approximate surface area is 229 Å². The molecule has 0 atom stereocenters. The lowest BCUT2D eigenvalue weighted by Gasteiger charge is -2.12. The highest BCUT2D eigenvalue weighted by molar-refractivity contribution is 8.18. The van der Waals surface area contributed by atoms with Gasteiger partial charge >= 0.3 is 5.97 Å². The summed E-state index contributed by atoms with van der Waals surface area (Å²) in [4.78, 5) is 29.9. The first-order valence-electron chi connectivity index (χ1n) is 12.0. The van der Waals surface area contributed by atoms with E-state index in [1.165, 1.54) is 13.2 Å². The monoisotopic (exact) mass is 547 g/mol. The molecule has 0 fully saturated rings. The molecule has 0 aromatic heterocycles. The molecule has 0 spiro atoms. The Bertz CT molecular complexity index is 1490. The summed E-state index contributed by atoms with van der Waals surface area (Å²) in [6.07, 6.45) is 1.63. The lowest BCUT2D eigenvalue weighted by atomic mass is 10.1. The van der Waals surface area contributed by atoms with Gasteiger partial charge in [0.15, 0.2) is 11.5 Å². The largest absolute Gasteiger partial charge is 0.506 e. The topological polar surface area (TPSA) is 94.4 Å². The smallest absolute Gasteiger partial charge is 0.344 e. The van der Waals surface area contributed by atoms with E-state index in [1.807, 2.05) is 6.92 Å². The molecule has 4 rings (SSSR count). The van der Waals surface area contributed by atoms with Crippen LogP contribution in [0.1, 0.15) is 34.0 Å². The number of rotatable bonds is 8. The minimum Gasteiger partial charge on any atom is -0.506 e. The zero-order chi connectivity index (χ0) is 27.9. The van der Waals surface area contributed by atoms with Crippen LogP contribution in [0.4, 0.5) is 4.39 Å². The van der Waals surface area contributed by atoms with Crippen LogP contribution in [0.5, 0.6) is 11.5 Å². The second kappa shape index (κ2) is 12.4. The number of ether oxygens (including phenoxy) is 3. The number of aliphatic hydroxyl groups excluding tert-OH is 1. The molecular weight excluding hydrogens is 521 g/mol. The molecule has 200 valence electrons. The van der Waals surface area contributed by atoms with Gasteiger partial charge in [-0.05, 0) is 55.8 Å². The molecule has 1 N–H and O–H groups in total. The molecule has 0 saturated heterocycles. The second-order valence-electron chi connectivity index (χ2n) is 8.43. The molecule has 1 aliphatic rings. The van der Waals surface area contributed by atoms with Crippen LogP contribution in [0.2, 0.25) is 0 Å². The number of hydrogen-bond donors (Lipinski definition) is 1. The molecular formula is C30H26FNO6S. The van der Waals surface area contributed by atoms with Gasteiger partial charge in [0.25, 0.3) is 5.91 Å². The zero-order valence-electron chi connectivity index (χ0n) is 21.6. The van der Waals surface area contributed by atoms with Crippen molar-refractivity contribution < 1.29 is 33.3 Å². The van der Waals surface area contributed by atoms with Crippen molar-refractivity contribution in [3.05, 3.63) is 111 Å². The van der Waals surface area contributed by atoms with Crippen LogP contribution in [0.15, 0.2) is 88.0 Å². The predicted molar refractivity (Wildman–Crippen MR) is 149 cm³/mol. The van der Waals surface area contributed by atoms with Crippen LogP contribution in [0.25, 0.3) is 6.08 Å². The summed E-state index contributed by atoms with van der Waals surface area (Å²) in [5.74, 6) is -1.25. The van der Waals surface area contributed by atoms with Gasteiger partial charge in [0, 0.05) is 11.1 Å². The Morgan fingerprint density at radius 2 is 1.79 bits per heavy atom. The maximum atomic E-state index is 13.9. The van der Waals surface area contributed by atoms with Gasteiger partial charge in [-0.15, -0.1) is 0 Å². The molecule has 0 aliphatic carbocycles. The maximum Gasteiger partial charge on any atom is 0.344 e. The summed E-state index contributed by atoms with van der Waals surface area (Å²) >= 11 is 0.980. The van der Waals surface area contributed by atoms with Crippen LogP contribution in [0.3, 0.4) is 0 Å². The highest BCUT2D eigenvalue weighted by Crippen LogP contribution is 2.40. The molecule has 0 unspecified atom stereocenters. The lowest BCUT2D eigenvalue weighted by Crippen LogP contribution is -2.14. The molecule has 0 bridgehead atoms. The van der Waals surface area contributed by atoms with Gasteiger partial charge in [0.2, 0.25) is 0 Å². The Kier molecular flexibility index (Phi) is 8.83. The van der Waals surface area contributed by atoms with E-state index in [2.05, 4.69) is 4.99 Å². The molecule has 3 aromatic rings. The van der Waals surface area contributed by atoms with Crippen molar-refractivity contribution in [1.29, 1.82) is 0 Å². The molecule has 0 saturated carbocycles. The summed E-state index contributed by atoms with van der Waals surface area (Å²) in [5.41, 5.74) is 2.19. The van der Waals surface area contributed by atoms with Gasteiger partial charge in [-0.3, -0.25) is 4.79 Å². The van der Waals surface area contributed by atoms with Crippen molar-refractivity contribution in [2.45, 2.75) is 20.5 Å². The van der Waals surface area contributed by atoms with Crippen molar-refractivity contribution in [3.8, 4) is 11.5 Å². The zero-order valence-corrected chi connectivity index (χ0v) is 22.4. The van der Waals surface area contributed by atoms with E-state index in [1.54, 1.807) is 73.7 Å². The van der Waals surface area contributed by atoms with Crippen LogP contribution in [-0.2, 0) is 16.1 Å². The fraction of sp³-hybridized carbons (Fsp3) is 0.167. The van der Waals surface area contributed by atoms with Crippen LogP contribution in [-0.4, -0.2) is 35.7 Å². The van der Waals surface area contributed by atoms with Crippen molar-refractivity contribution in [2.75, 3.05) is 13.7 Å². The Morgan fingerprint density at radius 1 is 1.05 bits per heavy atom. The van der Waals surface area contributed by atoms with E-state index in [-0.39, 0.29) is 35.4 Å². The third kappa shape index (κ3) is 6.56. The van der Waals surface area contributed by atoms with E-state index >= 15 is 0 Å². The number of aryl methyl sites for hydroxylation is 1. The van der Waals surface area contributed by atoms with Crippen LogP contribution in [0, 0.1) is 12.7 Å². The third-order valence-corrected chi connectivity index (χ3v) is 6.72. The maximum absolute atomic E-state index is 13.9. The van der Waals surface area contributed by atoms with Crippen molar-refractivity contribution in [2.24, 2.45) is 4.99 Å². The molecule has 1 aliphatic heterocycles. The molecule has 9 heteroatoms. The third-order valence-electron chi connectivity index (χ3n) is 5.70. The minimum absolute atomic E-state index is 0.0145. The van der Waals surface area contributed by atoms with E-state index in [0.29, 0.717) is 33.1 Å². The number of halogens is 1. The van der Waals surface area contributed by atoms with Gasteiger partial charge in [0.05, 0.1) is 18.6 Å². The number of methoxy groups -OCH3 is 1. The number of esters is 1. The van der Waals surface area contributed by atoms with Gasteiger partial charge in [-0.2, -0.15) is 0 Å². The number of carbonyl (C=O) groups is 2. The van der Waals surface area contributed by atoms with Crippen molar-refractivity contribution in [3.63, 3.8) is 0 Å². The molecule has 7 nitrogen and oxygen atoms in total. The van der Waals surface area contributed by atoms with E-state index in [0.717, 1.165) is 17.3 Å². The Balaban J connectivity index is 1.62. The van der Waals surface area contributed by atoms with Crippen molar-refractivity contribution >= 4 is 34.8 Å². The average Bonchev–Trinajstić information content (AvgIpc) is 3.23. The number of carbonyl (C=O) groups excluding carboxylic acids is 2. The minimum atomic E-state index is -0.782. The van der Waals surface area contributed by atoms with Gasteiger partial charge in [-0.1, -0.05) is 53.7 Å². The highest BCUT2D eigenvalue weighted by atomic mass is 32.2. The van der Waals surface area contributed by atoms with Crippen LogP contribution < -0.4 is 9.47 Å². The standard InChI is InChI=1S/C30H26FNO6S/c1-4-37-30(35)26-27(33)25(39-29(26)32-28(34)20-12-9-18(2)10-13-20)16-19-11-14-23(24(15-19)36-3)38-17-21-7-5-6-8-22(21)31/h5-16,33H,4,17H2,1-3H3/b25-16-,32-29?. The van der Waals surface area contributed by atoms with E-state index in [9.17, 15) is 19.1 Å². The summed E-state index contributed by atoms with van der Waals surface area (Å²) in [5, 5.41) is 11.0. The SMILES string of the molecule is CCOC(=O)C1=C(O)/C(=C/c2ccc(OCc3ccccc3F)c(OC)c2)SC1=NC(=O)c1ccc(C)cc1. The first-order valence-corrected chi connectivity index (χ1v) is 12.9. The van der Waals surface area contributed by atoms with Crippen molar-refractivity contribution in [1.82, 2.24) is 0 Å². The summed E-state index contributed by atoms with van der Waals surface area (Å²) in [6.45, 7) is 3.65. The normalized spacial score (nSPS) is 15.1. The summed E-state index contributed by atoms with van der Waals surface area (Å²) < 4.78 is 30.3. The number of hydrogen-bond acceptors (Lipinski definition) is 7. The van der Waals surface area contributed by atoms with E-state index in [4.69, 9.17) is 14.2 Å². The highest BCUT2D eigenvalue weighted by Gasteiger charge is 2.34. The fourth-order valence-electron chi connectivity index (χ4n) is 3.66. The van der Waals surface area contributed by atoms with Gasteiger partial charge in [0.1, 0.15) is 28.8 Å². The first kappa shape index (κ1) is 27.7. The molecule has 0 radical (unpaired) electrons. The number of amides is 1. The second-order valence-corrected chi connectivity index (χ2v) is 9.46. The Morgan fingerprint density at radius 3 is 2.49 bits per heavy atom. The first-order chi connectivity index (χ1) is 18.8. The Hall–Kier alpha value is -4.37. The number of aliphatic imine (C=N–C) groups is 1.